The Morgan fingerprint density at radius 2 is 1.88 bits per heavy atom. The van der Waals surface area contributed by atoms with Crippen molar-refractivity contribution in [3.8, 4) is 11.1 Å². The van der Waals surface area contributed by atoms with E-state index in [-0.39, 0.29) is 17.6 Å². The lowest BCUT2D eigenvalue weighted by Crippen LogP contribution is -2.34. The number of H-pyrrole nitrogens is 1. The molecule has 0 atom stereocenters. The van der Waals surface area contributed by atoms with Crippen LogP contribution in [0.1, 0.15) is 41.2 Å². The fourth-order valence-electron chi connectivity index (χ4n) is 4.24. The van der Waals surface area contributed by atoms with Crippen molar-refractivity contribution < 1.29 is 14.0 Å². The van der Waals surface area contributed by atoms with Crippen molar-refractivity contribution in [1.82, 2.24) is 15.2 Å². The highest BCUT2D eigenvalue weighted by Gasteiger charge is 2.28. The molecule has 0 bridgehead atoms. The van der Waals surface area contributed by atoms with Crippen molar-refractivity contribution in [3.63, 3.8) is 0 Å². The van der Waals surface area contributed by atoms with E-state index in [1.165, 1.54) is 12.1 Å². The van der Waals surface area contributed by atoms with Crippen LogP contribution in [0, 0.1) is 12.7 Å². The lowest BCUT2D eigenvalue weighted by Gasteiger charge is -2.17. The molecular formula is C27H29FN4O2. The molecule has 1 aromatic heterocycles. The fraction of sp³-hybridized carbons (Fsp3) is 0.259. The molecule has 0 saturated carbocycles. The minimum absolute atomic E-state index is 0.184. The van der Waals surface area contributed by atoms with Crippen LogP contribution in [-0.2, 0) is 4.79 Å². The molecule has 0 saturated heterocycles. The summed E-state index contributed by atoms with van der Waals surface area (Å²) in [6, 6.07) is 13.6. The van der Waals surface area contributed by atoms with Crippen LogP contribution >= 0.6 is 0 Å². The summed E-state index contributed by atoms with van der Waals surface area (Å²) in [7, 11) is 0. The number of carbonyl (C=O) groups excluding carboxylic acids is 2. The summed E-state index contributed by atoms with van der Waals surface area (Å²) in [5, 5.41) is 5.84. The lowest BCUT2D eigenvalue weighted by atomic mass is 9.94. The number of carbonyl (C=O) groups is 2. The average molecular weight is 461 g/mol. The van der Waals surface area contributed by atoms with Gasteiger partial charge in [-0.05, 0) is 67.0 Å². The van der Waals surface area contributed by atoms with Gasteiger partial charge in [-0.25, -0.2) is 4.39 Å². The van der Waals surface area contributed by atoms with Gasteiger partial charge in [0.05, 0.1) is 5.57 Å². The molecule has 1 aliphatic heterocycles. The zero-order valence-corrected chi connectivity index (χ0v) is 19.7. The number of amides is 2. The number of fused-ring (bicyclic) bond motifs is 1. The number of nitrogens with one attached hydrogen (secondary N) is 3. The second-order valence-electron chi connectivity index (χ2n) is 8.31. The van der Waals surface area contributed by atoms with E-state index in [1.54, 1.807) is 18.2 Å². The third kappa shape index (κ3) is 4.79. The van der Waals surface area contributed by atoms with Gasteiger partial charge in [-0.1, -0.05) is 38.1 Å². The number of hydrogen-bond donors (Lipinski definition) is 3. The van der Waals surface area contributed by atoms with E-state index in [4.69, 9.17) is 0 Å². The number of halogens is 1. The van der Waals surface area contributed by atoms with E-state index in [2.05, 4.69) is 34.4 Å². The van der Waals surface area contributed by atoms with E-state index < -0.39 is 0 Å². The Morgan fingerprint density at radius 1 is 1.12 bits per heavy atom. The molecule has 4 rings (SSSR count). The molecule has 2 aromatic carbocycles. The Balaban J connectivity index is 1.62. The molecule has 2 amide bonds. The van der Waals surface area contributed by atoms with Crippen molar-refractivity contribution in [2.75, 3.05) is 31.5 Å². The van der Waals surface area contributed by atoms with E-state index in [1.807, 2.05) is 31.2 Å². The quantitative estimate of drug-likeness (QED) is 0.427. The fourth-order valence-corrected chi connectivity index (χ4v) is 4.24. The Hall–Kier alpha value is -3.71. The van der Waals surface area contributed by atoms with Crippen molar-refractivity contribution in [2.24, 2.45) is 0 Å². The minimum atomic E-state index is -0.338. The summed E-state index contributed by atoms with van der Waals surface area (Å²) in [6.45, 7) is 9.30. The first kappa shape index (κ1) is 23.4. The summed E-state index contributed by atoms with van der Waals surface area (Å²) in [6.07, 6.45) is 1.76. The summed E-state index contributed by atoms with van der Waals surface area (Å²) in [4.78, 5) is 30.9. The zero-order chi connectivity index (χ0) is 24.2. The van der Waals surface area contributed by atoms with Gasteiger partial charge in [0.25, 0.3) is 11.8 Å². The Bertz CT molecular complexity index is 1260. The van der Waals surface area contributed by atoms with Gasteiger partial charge in [0.1, 0.15) is 11.5 Å². The van der Waals surface area contributed by atoms with Gasteiger partial charge in [-0.2, -0.15) is 0 Å². The second kappa shape index (κ2) is 10.1. The van der Waals surface area contributed by atoms with Gasteiger partial charge < -0.3 is 20.5 Å². The molecular weight excluding hydrogens is 431 g/mol. The molecule has 0 radical (unpaired) electrons. The van der Waals surface area contributed by atoms with Gasteiger partial charge in [0, 0.05) is 30.0 Å². The number of aromatic nitrogens is 1. The first-order chi connectivity index (χ1) is 16.4. The predicted molar refractivity (Wildman–Crippen MR) is 134 cm³/mol. The topological polar surface area (TPSA) is 77.2 Å². The number of anilines is 1. The Morgan fingerprint density at radius 3 is 2.62 bits per heavy atom. The van der Waals surface area contributed by atoms with E-state index >= 15 is 0 Å². The van der Waals surface area contributed by atoms with Crippen LogP contribution in [-0.4, -0.2) is 47.9 Å². The highest BCUT2D eigenvalue weighted by Crippen LogP contribution is 2.40. The molecule has 1 aliphatic rings. The van der Waals surface area contributed by atoms with Crippen molar-refractivity contribution in [1.29, 1.82) is 0 Å². The molecule has 176 valence electrons. The maximum atomic E-state index is 13.9. The number of aryl methyl sites for hydroxylation is 1. The zero-order valence-electron chi connectivity index (χ0n) is 19.7. The number of benzene rings is 2. The summed E-state index contributed by atoms with van der Waals surface area (Å²) >= 11 is 0. The van der Waals surface area contributed by atoms with Crippen LogP contribution in [0.3, 0.4) is 0 Å². The number of likely N-dealkylation sites (N-methyl/N-ethyl adjacent to an activating group) is 1. The minimum Gasteiger partial charge on any atom is -0.351 e. The first-order valence-electron chi connectivity index (χ1n) is 11.5. The van der Waals surface area contributed by atoms with Crippen LogP contribution in [0.2, 0.25) is 0 Å². The molecule has 3 aromatic rings. The highest BCUT2D eigenvalue weighted by molar-refractivity contribution is 6.36. The van der Waals surface area contributed by atoms with Crippen LogP contribution in [0.4, 0.5) is 10.1 Å². The van der Waals surface area contributed by atoms with E-state index in [0.717, 1.165) is 36.3 Å². The maximum Gasteiger partial charge on any atom is 0.267 e. The second-order valence-corrected chi connectivity index (χ2v) is 8.31. The van der Waals surface area contributed by atoms with Gasteiger partial charge in [-0.15, -0.1) is 0 Å². The molecule has 34 heavy (non-hydrogen) atoms. The average Bonchev–Trinajstić information content (AvgIpc) is 3.36. The molecule has 3 N–H and O–H groups in total. The Kier molecular flexibility index (Phi) is 6.93. The predicted octanol–water partition coefficient (Wildman–Crippen LogP) is 4.69. The summed E-state index contributed by atoms with van der Waals surface area (Å²) in [5.74, 6) is -0.760. The number of hydrogen-bond acceptors (Lipinski definition) is 3. The van der Waals surface area contributed by atoms with Crippen molar-refractivity contribution >= 4 is 29.2 Å². The third-order valence-corrected chi connectivity index (χ3v) is 6.16. The molecule has 0 fully saturated rings. The molecule has 0 aliphatic carbocycles. The summed E-state index contributed by atoms with van der Waals surface area (Å²) < 4.78 is 13.9. The molecule has 7 heteroatoms. The third-order valence-electron chi connectivity index (χ3n) is 6.16. The normalized spacial score (nSPS) is 13.9. The Labute approximate surface area is 198 Å². The van der Waals surface area contributed by atoms with Crippen LogP contribution in [0.15, 0.2) is 48.5 Å². The summed E-state index contributed by atoms with van der Waals surface area (Å²) in [5.41, 5.74) is 5.30. The van der Waals surface area contributed by atoms with Gasteiger partial charge >= 0.3 is 0 Å². The van der Waals surface area contributed by atoms with Gasteiger partial charge in [0.15, 0.2) is 0 Å². The monoisotopic (exact) mass is 460 g/mol. The molecule has 0 spiro atoms. The van der Waals surface area contributed by atoms with Crippen molar-refractivity contribution in [3.05, 3.63) is 76.9 Å². The van der Waals surface area contributed by atoms with E-state index in [0.29, 0.717) is 34.8 Å². The maximum absolute atomic E-state index is 13.9. The van der Waals surface area contributed by atoms with Crippen molar-refractivity contribution in [2.45, 2.75) is 20.8 Å². The molecule has 6 nitrogen and oxygen atoms in total. The number of rotatable bonds is 8. The van der Waals surface area contributed by atoms with E-state index in [9.17, 15) is 14.0 Å². The largest absolute Gasteiger partial charge is 0.351 e. The molecule has 0 unspecified atom stereocenters. The SMILES string of the molecule is CCN(CC)CCNC(=O)c1cc(C)c(C=C2C(=O)Nc3cccc(-c4cccc(F)c4)c32)[nH]1. The molecule has 2 heterocycles. The standard InChI is InChI=1S/C27H29FN4O2/c1-4-32(5-2)13-12-29-27(34)24-14-17(3)23(30-24)16-21-25-20(18-8-6-9-19(28)15-18)10-7-11-22(25)31-26(21)33/h6-11,14-16,30H,4-5,12-13H2,1-3H3,(H,29,34)(H,31,33). The number of nitrogens with zero attached hydrogens (tertiary/aromatic N) is 1. The highest BCUT2D eigenvalue weighted by atomic mass is 19.1. The number of aromatic amines is 1. The van der Waals surface area contributed by atoms with Gasteiger partial charge in [-0.3, -0.25) is 9.59 Å². The smallest absolute Gasteiger partial charge is 0.267 e. The first-order valence-corrected chi connectivity index (χ1v) is 11.5. The van der Waals surface area contributed by atoms with Gasteiger partial charge in [0.2, 0.25) is 0 Å². The van der Waals surface area contributed by atoms with Crippen LogP contribution in [0.5, 0.6) is 0 Å². The van der Waals surface area contributed by atoms with Crippen LogP contribution in [0.25, 0.3) is 22.8 Å². The lowest BCUT2D eigenvalue weighted by molar-refractivity contribution is -0.110. The van der Waals surface area contributed by atoms with Crippen LogP contribution < -0.4 is 10.6 Å².